The molecule has 0 saturated carbocycles. The van der Waals surface area contributed by atoms with E-state index in [4.69, 9.17) is 17.3 Å². The molecule has 2 N–H and O–H groups in total. The predicted octanol–water partition coefficient (Wildman–Crippen LogP) is 2.90. The summed E-state index contributed by atoms with van der Waals surface area (Å²) < 4.78 is 15.1. The van der Waals surface area contributed by atoms with Gasteiger partial charge < -0.3 is 5.73 Å². The van der Waals surface area contributed by atoms with Crippen molar-refractivity contribution in [3.8, 4) is 5.69 Å². The summed E-state index contributed by atoms with van der Waals surface area (Å²) in [5, 5.41) is -0.217. The van der Waals surface area contributed by atoms with Gasteiger partial charge in [-0.25, -0.2) is 9.37 Å². The highest BCUT2D eigenvalue weighted by Crippen LogP contribution is 2.25. The lowest BCUT2D eigenvalue weighted by atomic mass is 10.2. The van der Waals surface area contributed by atoms with E-state index in [0.717, 1.165) is 5.56 Å². The second-order valence-corrected chi connectivity index (χ2v) is 5.69. The maximum atomic E-state index is 13.8. The fourth-order valence-electron chi connectivity index (χ4n) is 2.45. The van der Waals surface area contributed by atoms with Crippen LogP contribution in [0.3, 0.4) is 0 Å². The molecule has 0 spiro atoms. The molecule has 0 fully saturated rings. The third kappa shape index (κ3) is 2.50. The number of hydrogen-bond acceptors (Lipinski definition) is 4. The van der Waals surface area contributed by atoms with E-state index in [1.807, 2.05) is 6.92 Å². The van der Waals surface area contributed by atoms with Crippen molar-refractivity contribution in [2.45, 2.75) is 19.9 Å². The van der Waals surface area contributed by atoms with Crippen molar-refractivity contribution >= 4 is 22.5 Å². The molecule has 1 aromatic carbocycles. The maximum Gasteiger partial charge on any atom is 0.267 e. The zero-order valence-electron chi connectivity index (χ0n) is 12.5. The first-order chi connectivity index (χ1) is 10.9. The van der Waals surface area contributed by atoms with Gasteiger partial charge in [-0.3, -0.25) is 14.3 Å². The van der Waals surface area contributed by atoms with Gasteiger partial charge in [-0.05, 0) is 37.6 Å². The second kappa shape index (κ2) is 5.72. The monoisotopic (exact) mass is 332 g/mol. The van der Waals surface area contributed by atoms with Crippen LogP contribution in [0.4, 0.5) is 4.39 Å². The van der Waals surface area contributed by atoms with Gasteiger partial charge in [0.2, 0.25) is 0 Å². The number of rotatable bonds is 2. The Morgan fingerprint density at radius 1 is 1.35 bits per heavy atom. The Bertz CT molecular complexity index is 968. The molecule has 23 heavy (non-hydrogen) atoms. The molecule has 2 heterocycles. The number of pyridine rings is 1. The van der Waals surface area contributed by atoms with Crippen molar-refractivity contribution in [2.24, 2.45) is 5.73 Å². The lowest BCUT2D eigenvalue weighted by Crippen LogP contribution is -2.28. The zero-order valence-corrected chi connectivity index (χ0v) is 13.3. The summed E-state index contributed by atoms with van der Waals surface area (Å²) in [7, 11) is 0. The average Bonchev–Trinajstić information content (AvgIpc) is 2.51. The van der Waals surface area contributed by atoms with E-state index >= 15 is 0 Å². The lowest BCUT2D eigenvalue weighted by molar-refractivity contribution is 0.629. The molecule has 0 aliphatic heterocycles. The second-order valence-electron chi connectivity index (χ2n) is 5.32. The van der Waals surface area contributed by atoms with Crippen LogP contribution >= 0.6 is 11.6 Å². The van der Waals surface area contributed by atoms with Gasteiger partial charge in [0.25, 0.3) is 5.56 Å². The summed E-state index contributed by atoms with van der Waals surface area (Å²) in [4.78, 5) is 21.4. The molecule has 0 saturated heterocycles. The van der Waals surface area contributed by atoms with Crippen molar-refractivity contribution in [3.63, 3.8) is 0 Å². The molecule has 2 aromatic heterocycles. The van der Waals surface area contributed by atoms with Gasteiger partial charge >= 0.3 is 0 Å². The molecule has 3 rings (SSSR count). The maximum absolute atomic E-state index is 13.8. The zero-order chi connectivity index (χ0) is 16.7. The van der Waals surface area contributed by atoms with Crippen LogP contribution in [0.25, 0.3) is 16.6 Å². The molecule has 0 aliphatic rings. The normalized spacial score (nSPS) is 12.6. The van der Waals surface area contributed by atoms with Gasteiger partial charge in [-0.15, -0.1) is 0 Å². The number of nitrogens with zero attached hydrogens (tertiary/aromatic N) is 3. The summed E-state index contributed by atoms with van der Waals surface area (Å²) in [5.74, 6) is -0.303. The molecule has 118 valence electrons. The smallest absolute Gasteiger partial charge is 0.267 e. The first-order valence-corrected chi connectivity index (χ1v) is 7.37. The number of hydrogen-bond donors (Lipinski definition) is 1. The van der Waals surface area contributed by atoms with Gasteiger partial charge in [0.1, 0.15) is 11.6 Å². The van der Waals surface area contributed by atoms with Crippen LogP contribution in [0.15, 0.2) is 35.4 Å². The molecule has 0 aliphatic carbocycles. The first kappa shape index (κ1) is 15.6. The van der Waals surface area contributed by atoms with E-state index in [1.165, 1.54) is 16.7 Å². The van der Waals surface area contributed by atoms with Crippen LogP contribution in [0.1, 0.15) is 24.4 Å². The van der Waals surface area contributed by atoms with Crippen LogP contribution in [0.2, 0.25) is 5.02 Å². The van der Waals surface area contributed by atoms with Crippen molar-refractivity contribution in [1.29, 1.82) is 0 Å². The molecule has 0 bridgehead atoms. The number of aromatic nitrogens is 3. The Morgan fingerprint density at radius 2 is 2.09 bits per heavy atom. The highest BCUT2D eigenvalue weighted by Gasteiger charge is 2.19. The molecule has 0 amide bonds. The average molecular weight is 333 g/mol. The Balaban J connectivity index is 2.52. The SMILES string of the molecule is Cc1ccncc1-n1c([C@H](C)N)nc2ccc(F)c(Cl)c2c1=O. The van der Waals surface area contributed by atoms with Crippen LogP contribution < -0.4 is 11.3 Å². The Hall–Kier alpha value is -2.31. The van der Waals surface area contributed by atoms with Crippen molar-refractivity contribution < 1.29 is 4.39 Å². The fourth-order valence-corrected chi connectivity index (χ4v) is 2.69. The van der Waals surface area contributed by atoms with Gasteiger partial charge in [0, 0.05) is 6.20 Å². The van der Waals surface area contributed by atoms with E-state index in [-0.39, 0.29) is 10.4 Å². The Morgan fingerprint density at radius 3 is 2.74 bits per heavy atom. The summed E-state index contributed by atoms with van der Waals surface area (Å²) in [6.45, 7) is 3.56. The molecule has 3 aromatic rings. The van der Waals surface area contributed by atoms with Crippen LogP contribution in [0, 0.1) is 12.7 Å². The first-order valence-electron chi connectivity index (χ1n) is 6.99. The minimum Gasteiger partial charge on any atom is -0.322 e. The number of halogens is 2. The lowest BCUT2D eigenvalue weighted by Gasteiger charge is -2.17. The fraction of sp³-hybridized carbons (Fsp3) is 0.188. The van der Waals surface area contributed by atoms with E-state index < -0.39 is 17.4 Å². The quantitative estimate of drug-likeness (QED) is 0.783. The third-order valence-corrected chi connectivity index (χ3v) is 3.98. The molecule has 0 radical (unpaired) electrons. The molecule has 1 atom stereocenters. The Kier molecular flexibility index (Phi) is 3.87. The number of aryl methyl sites for hydroxylation is 1. The standard InChI is InChI=1S/C16H14ClFN4O/c1-8-5-6-20-7-12(8)22-15(9(2)19)21-11-4-3-10(18)14(17)13(11)16(22)23/h3-7,9H,19H2,1-2H3/t9-/m0/s1. The van der Waals surface area contributed by atoms with Crippen molar-refractivity contribution in [1.82, 2.24) is 14.5 Å². The van der Waals surface area contributed by atoms with E-state index in [2.05, 4.69) is 9.97 Å². The van der Waals surface area contributed by atoms with Gasteiger partial charge in [-0.2, -0.15) is 0 Å². The summed E-state index contributed by atoms with van der Waals surface area (Å²) in [6, 6.07) is 3.87. The number of fused-ring (bicyclic) bond motifs is 1. The minimum atomic E-state index is -0.666. The number of nitrogens with two attached hydrogens (primary N) is 1. The summed E-state index contributed by atoms with van der Waals surface area (Å²) in [5.41, 5.74) is 7.18. The topological polar surface area (TPSA) is 73.8 Å². The van der Waals surface area contributed by atoms with Crippen molar-refractivity contribution in [2.75, 3.05) is 0 Å². The molecule has 7 heteroatoms. The van der Waals surface area contributed by atoms with Gasteiger partial charge in [0.05, 0.1) is 33.9 Å². The summed E-state index contributed by atoms with van der Waals surface area (Å²) >= 11 is 5.99. The van der Waals surface area contributed by atoms with Gasteiger partial charge in [0.15, 0.2) is 0 Å². The van der Waals surface area contributed by atoms with Crippen LogP contribution in [-0.2, 0) is 0 Å². The highest BCUT2D eigenvalue weighted by molar-refractivity contribution is 6.35. The summed E-state index contributed by atoms with van der Waals surface area (Å²) in [6.07, 6.45) is 3.17. The van der Waals surface area contributed by atoms with E-state index in [9.17, 15) is 9.18 Å². The number of benzene rings is 1. The predicted molar refractivity (Wildman–Crippen MR) is 87.4 cm³/mol. The van der Waals surface area contributed by atoms with E-state index in [0.29, 0.717) is 17.0 Å². The van der Waals surface area contributed by atoms with E-state index in [1.54, 1.807) is 25.4 Å². The molecular formula is C16H14ClFN4O. The van der Waals surface area contributed by atoms with Crippen LogP contribution in [-0.4, -0.2) is 14.5 Å². The molecule has 5 nitrogen and oxygen atoms in total. The van der Waals surface area contributed by atoms with Crippen LogP contribution in [0.5, 0.6) is 0 Å². The minimum absolute atomic E-state index is 0.0271. The highest BCUT2D eigenvalue weighted by atomic mass is 35.5. The molecular weight excluding hydrogens is 319 g/mol. The molecule has 0 unspecified atom stereocenters. The van der Waals surface area contributed by atoms with Crippen molar-refractivity contribution in [3.05, 3.63) is 63.2 Å². The van der Waals surface area contributed by atoms with Gasteiger partial charge in [-0.1, -0.05) is 11.6 Å². The largest absolute Gasteiger partial charge is 0.322 e. The third-order valence-electron chi connectivity index (χ3n) is 3.61. The Labute approximate surface area is 136 Å².